The summed E-state index contributed by atoms with van der Waals surface area (Å²) in [5, 5.41) is 3.29. The number of hydrogen-bond acceptors (Lipinski definition) is 3. The van der Waals surface area contributed by atoms with E-state index in [0.29, 0.717) is 5.92 Å². The van der Waals surface area contributed by atoms with Gasteiger partial charge in [0.25, 0.3) is 0 Å². The molecule has 1 saturated heterocycles. The molecule has 17 heavy (non-hydrogen) atoms. The van der Waals surface area contributed by atoms with Crippen LogP contribution in [0.1, 0.15) is 26.7 Å². The highest BCUT2D eigenvalue weighted by Crippen LogP contribution is 2.10. The van der Waals surface area contributed by atoms with Crippen molar-refractivity contribution in [1.82, 2.24) is 15.1 Å². The zero-order valence-corrected chi connectivity index (χ0v) is 11.7. The number of nitrogens with one attached hydrogen (secondary N) is 1. The van der Waals surface area contributed by atoms with E-state index in [1.165, 1.54) is 0 Å². The molecule has 0 aromatic carbocycles. The van der Waals surface area contributed by atoms with Crippen molar-refractivity contribution in [3.05, 3.63) is 0 Å². The first-order chi connectivity index (χ1) is 8.00. The molecule has 1 heterocycles. The van der Waals surface area contributed by atoms with Crippen molar-refractivity contribution in [1.29, 1.82) is 0 Å². The molecule has 1 rings (SSSR count). The fraction of sp³-hybridized carbons (Fsp3) is 0.923. The van der Waals surface area contributed by atoms with E-state index >= 15 is 0 Å². The van der Waals surface area contributed by atoms with Crippen molar-refractivity contribution in [2.45, 2.75) is 32.7 Å². The summed E-state index contributed by atoms with van der Waals surface area (Å²) < 4.78 is 0. The van der Waals surface area contributed by atoms with Crippen LogP contribution in [0.3, 0.4) is 0 Å². The average molecular weight is 241 g/mol. The van der Waals surface area contributed by atoms with Gasteiger partial charge in [-0.3, -0.25) is 4.79 Å². The second-order valence-corrected chi connectivity index (χ2v) is 5.63. The number of likely N-dealkylation sites (N-methyl/N-ethyl adjacent to an activating group) is 1. The predicted molar refractivity (Wildman–Crippen MR) is 71.0 cm³/mol. The molecular weight excluding hydrogens is 214 g/mol. The Labute approximate surface area is 105 Å². The maximum absolute atomic E-state index is 12.3. The normalized spacial score (nSPS) is 20.2. The van der Waals surface area contributed by atoms with Crippen LogP contribution in [-0.4, -0.2) is 62.0 Å². The van der Waals surface area contributed by atoms with Crippen LogP contribution in [0.4, 0.5) is 0 Å². The van der Waals surface area contributed by atoms with E-state index in [9.17, 15) is 4.79 Å². The first kappa shape index (κ1) is 14.5. The van der Waals surface area contributed by atoms with Gasteiger partial charge in [-0.1, -0.05) is 13.8 Å². The third-order valence-electron chi connectivity index (χ3n) is 3.07. The minimum Gasteiger partial charge on any atom is -0.340 e. The van der Waals surface area contributed by atoms with Gasteiger partial charge in [0.15, 0.2) is 0 Å². The van der Waals surface area contributed by atoms with Gasteiger partial charge >= 0.3 is 0 Å². The highest BCUT2D eigenvalue weighted by atomic mass is 16.2. The fourth-order valence-corrected chi connectivity index (χ4v) is 2.17. The van der Waals surface area contributed by atoms with Gasteiger partial charge < -0.3 is 15.1 Å². The molecule has 1 fully saturated rings. The Balaban J connectivity index is 2.50. The molecule has 0 unspecified atom stereocenters. The smallest absolute Gasteiger partial charge is 0.239 e. The lowest BCUT2D eigenvalue weighted by Gasteiger charge is -2.28. The van der Waals surface area contributed by atoms with Gasteiger partial charge in [0, 0.05) is 19.6 Å². The third-order valence-corrected chi connectivity index (χ3v) is 3.07. The molecule has 1 aliphatic heterocycles. The fourth-order valence-electron chi connectivity index (χ4n) is 2.17. The molecule has 1 atom stereocenters. The van der Waals surface area contributed by atoms with E-state index < -0.39 is 0 Å². The van der Waals surface area contributed by atoms with Gasteiger partial charge in [0.1, 0.15) is 0 Å². The quantitative estimate of drug-likeness (QED) is 0.746. The zero-order valence-electron chi connectivity index (χ0n) is 11.7. The molecule has 4 nitrogen and oxygen atoms in total. The Morgan fingerprint density at radius 1 is 1.35 bits per heavy atom. The van der Waals surface area contributed by atoms with E-state index in [2.05, 4.69) is 24.1 Å². The third kappa shape index (κ3) is 5.04. The predicted octanol–water partition coefficient (Wildman–Crippen LogP) is 0.785. The van der Waals surface area contributed by atoms with Gasteiger partial charge in [-0.2, -0.15) is 0 Å². The summed E-state index contributed by atoms with van der Waals surface area (Å²) in [6.45, 7) is 7.95. The van der Waals surface area contributed by atoms with E-state index in [4.69, 9.17) is 0 Å². The molecular formula is C13H27N3O. The van der Waals surface area contributed by atoms with Crippen molar-refractivity contribution in [2.24, 2.45) is 5.92 Å². The Morgan fingerprint density at radius 2 is 2.06 bits per heavy atom. The Hall–Kier alpha value is -0.610. The summed E-state index contributed by atoms with van der Waals surface area (Å²) >= 11 is 0. The van der Waals surface area contributed by atoms with Crippen molar-refractivity contribution >= 4 is 5.91 Å². The summed E-state index contributed by atoms with van der Waals surface area (Å²) in [4.78, 5) is 16.5. The minimum atomic E-state index is 0.0657. The van der Waals surface area contributed by atoms with Crippen LogP contribution in [-0.2, 0) is 4.79 Å². The molecule has 0 aromatic rings. The first-order valence-electron chi connectivity index (χ1n) is 6.67. The molecule has 1 aliphatic rings. The lowest BCUT2D eigenvalue weighted by Crippen LogP contribution is -2.47. The van der Waals surface area contributed by atoms with Crippen molar-refractivity contribution in [3.8, 4) is 0 Å². The molecule has 0 bridgehead atoms. The Bertz CT molecular complexity index is 235. The topological polar surface area (TPSA) is 35.6 Å². The average Bonchev–Trinajstić information content (AvgIpc) is 2.75. The highest BCUT2D eigenvalue weighted by molar-refractivity contribution is 5.82. The lowest BCUT2D eigenvalue weighted by molar-refractivity contribution is -0.133. The Kier molecular flexibility index (Phi) is 5.92. The summed E-state index contributed by atoms with van der Waals surface area (Å²) in [6, 6.07) is 0.0657. The summed E-state index contributed by atoms with van der Waals surface area (Å²) in [6.07, 6.45) is 2.12. The molecule has 0 aromatic heterocycles. The SMILES string of the molecule is CC(C)CN(CCN(C)C)C(=O)[C@H]1CCCN1. The summed E-state index contributed by atoms with van der Waals surface area (Å²) in [5.74, 6) is 0.820. The van der Waals surface area contributed by atoms with E-state index in [1.54, 1.807) is 0 Å². The number of carbonyl (C=O) groups excluding carboxylic acids is 1. The minimum absolute atomic E-state index is 0.0657. The summed E-state index contributed by atoms with van der Waals surface area (Å²) in [5.41, 5.74) is 0. The van der Waals surface area contributed by atoms with Gasteiger partial charge in [0.05, 0.1) is 6.04 Å². The number of nitrogens with zero attached hydrogens (tertiary/aromatic N) is 2. The van der Waals surface area contributed by atoms with E-state index in [1.807, 2.05) is 19.0 Å². The van der Waals surface area contributed by atoms with Crippen molar-refractivity contribution in [3.63, 3.8) is 0 Å². The Morgan fingerprint density at radius 3 is 2.53 bits per heavy atom. The summed E-state index contributed by atoms with van der Waals surface area (Å²) in [7, 11) is 4.09. The molecule has 4 heteroatoms. The van der Waals surface area contributed by atoms with Crippen LogP contribution in [0.5, 0.6) is 0 Å². The zero-order chi connectivity index (χ0) is 12.8. The van der Waals surface area contributed by atoms with Gasteiger partial charge in [-0.25, -0.2) is 0 Å². The lowest BCUT2D eigenvalue weighted by atomic mass is 10.1. The van der Waals surface area contributed by atoms with E-state index in [0.717, 1.165) is 39.0 Å². The molecule has 0 aliphatic carbocycles. The number of carbonyl (C=O) groups is 1. The van der Waals surface area contributed by atoms with Crippen molar-refractivity contribution in [2.75, 3.05) is 40.3 Å². The first-order valence-corrected chi connectivity index (χ1v) is 6.67. The standard InChI is InChI=1S/C13H27N3O/c1-11(2)10-16(9-8-15(3)4)13(17)12-6-5-7-14-12/h11-12,14H,5-10H2,1-4H3/t12-/m1/s1. The molecule has 1 amide bonds. The second kappa shape index (κ2) is 6.97. The van der Waals surface area contributed by atoms with Crippen LogP contribution in [0, 0.1) is 5.92 Å². The molecule has 1 N–H and O–H groups in total. The largest absolute Gasteiger partial charge is 0.340 e. The van der Waals surface area contributed by atoms with Crippen LogP contribution in [0.25, 0.3) is 0 Å². The maximum atomic E-state index is 12.3. The van der Waals surface area contributed by atoms with Gasteiger partial charge in [0.2, 0.25) is 5.91 Å². The number of rotatable bonds is 6. The number of hydrogen-bond donors (Lipinski definition) is 1. The molecule has 100 valence electrons. The van der Waals surface area contributed by atoms with Crippen LogP contribution in [0.2, 0.25) is 0 Å². The monoisotopic (exact) mass is 241 g/mol. The second-order valence-electron chi connectivity index (χ2n) is 5.63. The van der Waals surface area contributed by atoms with Crippen molar-refractivity contribution < 1.29 is 4.79 Å². The highest BCUT2D eigenvalue weighted by Gasteiger charge is 2.26. The van der Waals surface area contributed by atoms with Crippen LogP contribution >= 0.6 is 0 Å². The molecule has 0 spiro atoms. The van der Waals surface area contributed by atoms with Gasteiger partial charge in [-0.05, 0) is 39.4 Å². The molecule has 0 radical (unpaired) electrons. The van der Waals surface area contributed by atoms with Crippen LogP contribution < -0.4 is 5.32 Å². The molecule has 0 saturated carbocycles. The van der Waals surface area contributed by atoms with Crippen LogP contribution in [0.15, 0.2) is 0 Å². The van der Waals surface area contributed by atoms with E-state index in [-0.39, 0.29) is 11.9 Å². The van der Waals surface area contributed by atoms with Gasteiger partial charge in [-0.15, -0.1) is 0 Å². The maximum Gasteiger partial charge on any atom is 0.239 e. The number of amides is 1.